The number of piperidine rings is 1. The number of aromatic amines is 1. The largest absolute Gasteiger partial charge is 0.342 e. The lowest BCUT2D eigenvalue weighted by Crippen LogP contribution is -2.39. The van der Waals surface area contributed by atoms with Crippen molar-refractivity contribution in [2.45, 2.75) is 39.5 Å². The molecule has 28 heavy (non-hydrogen) atoms. The maximum Gasteiger partial charge on any atom is 0.259 e. The first-order chi connectivity index (χ1) is 13.5. The van der Waals surface area contributed by atoms with E-state index in [4.69, 9.17) is 4.52 Å². The van der Waals surface area contributed by atoms with E-state index < -0.39 is 0 Å². The lowest BCUT2D eigenvalue weighted by Gasteiger charge is -2.30. The second-order valence-corrected chi connectivity index (χ2v) is 7.70. The van der Waals surface area contributed by atoms with Gasteiger partial charge in [-0.05, 0) is 49.3 Å². The predicted octanol–water partition coefficient (Wildman–Crippen LogP) is 3.08. The molecule has 7 heteroatoms. The zero-order chi connectivity index (χ0) is 19.7. The topological polar surface area (TPSA) is 92.1 Å². The molecule has 146 valence electrons. The number of carbonyl (C=O) groups is 1. The fourth-order valence-electron chi connectivity index (χ4n) is 3.75. The molecule has 1 aliphatic heterocycles. The van der Waals surface area contributed by atoms with Crippen molar-refractivity contribution in [3.8, 4) is 11.4 Å². The Hall–Kier alpha value is -2.96. The lowest BCUT2D eigenvalue weighted by atomic mass is 10.00. The SMILES string of the molecule is Cc1ccc2[nH]c(=O)c(-c3noc(CCC(=O)N4CCC[C@@H](C)C4)n3)cc2c1. The van der Waals surface area contributed by atoms with Crippen molar-refractivity contribution in [3.63, 3.8) is 0 Å². The number of pyridine rings is 1. The van der Waals surface area contributed by atoms with Gasteiger partial charge in [-0.1, -0.05) is 23.7 Å². The quantitative estimate of drug-likeness (QED) is 0.751. The Balaban J connectivity index is 1.48. The highest BCUT2D eigenvalue weighted by Gasteiger charge is 2.21. The number of aromatic nitrogens is 3. The van der Waals surface area contributed by atoms with Gasteiger partial charge in [-0.25, -0.2) is 0 Å². The number of hydrogen-bond acceptors (Lipinski definition) is 5. The Bertz CT molecular complexity index is 1070. The molecule has 0 unspecified atom stereocenters. The number of nitrogens with zero attached hydrogens (tertiary/aromatic N) is 3. The lowest BCUT2D eigenvalue weighted by molar-refractivity contribution is -0.132. The smallest absolute Gasteiger partial charge is 0.259 e. The number of H-pyrrole nitrogens is 1. The molecule has 0 radical (unpaired) electrons. The monoisotopic (exact) mass is 380 g/mol. The molecule has 4 rings (SSSR count). The summed E-state index contributed by atoms with van der Waals surface area (Å²) in [4.78, 5) is 33.9. The zero-order valence-electron chi connectivity index (χ0n) is 16.2. The van der Waals surface area contributed by atoms with Crippen LogP contribution in [0.25, 0.3) is 22.3 Å². The molecule has 1 atom stereocenters. The van der Waals surface area contributed by atoms with Crippen LogP contribution < -0.4 is 5.56 Å². The van der Waals surface area contributed by atoms with Crippen molar-refractivity contribution in [1.82, 2.24) is 20.0 Å². The molecule has 1 aromatic carbocycles. The second-order valence-electron chi connectivity index (χ2n) is 7.70. The number of carbonyl (C=O) groups excluding carboxylic acids is 1. The summed E-state index contributed by atoms with van der Waals surface area (Å²) in [5, 5.41) is 4.86. The number of benzene rings is 1. The van der Waals surface area contributed by atoms with Crippen molar-refractivity contribution < 1.29 is 9.32 Å². The van der Waals surface area contributed by atoms with Gasteiger partial charge in [0.1, 0.15) is 0 Å². The van der Waals surface area contributed by atoms with Gasteiger partial charge in [0.2, 0.25) is 17.6 Å². The Morgan fingerprint density at radius 1 is 1.36 bits per heavy atom. The van der Waals surface area contributed by atoms with Gasteiger partial charge in [-0.15, -0.1) is 0 Å². The minimum Gasteiger partial charge on any atom is -0.342 e. The van der Waals surface area contributed by atoms with Crippen molar-refractivity contribution >= 4 is 16.8 Å². The van der Waals surface area contributed by atoms with Crippen molar-refractivity contribution in [2.24, 2.45) is 5.92 Å². The molecule has 7 nitrogen and oxygen atoms in total. The maximum absolute atomic E-state index is 12.4. The minimum atomic E-state index is -0.262. The first kappa shape index (κ1) is 18.4. The fourth-order valence-corrected chi connectivity index (χ4v) is 3.75. The van der Waals surface area contributed by atoms with Crippen LogP contribution in [0.3, 0.4) is 0 Å². The number of aryl methyl sites for hydroxylation is 2. The van der Waals surface area contributed by atoms with Crippen LogP contribution in [0.4, 0.5) is 0 Å². The number of fused-ring (bicyclic) bond motifs is 1. The molecule has 1 aliphatic rings. The number of nitrogens with one attached hydrogen (secondary N) is 1. The van der Waals surface area contributed by atoms with Gasteiger partial charge in [-0.2, -0.15) is 4.98 Å². The molecule has 0 saturated carbocycles. The first-order valence-corrected chi connectivity index (χ1v) is 9.74. The molecule has 1 saturated heterocycles. The van der Waals surface area contributed by atoms with Crippen LogP contribution in [0.2, 0.25) is 0 Å². The number of rotatable bonds is 4. The molecule has 1 fully saturated rings. The molecule has 2 aromatic heterocycles. The van der Waals surface area contributed by atoms with Crippen LogP contribution in [0, 0.1) is 12.8 Å². The van der Waals surface area contributed by atoms with Gasteiger partial charge in [0.25, 0.3) is 5.56 Å². The summed E-state index contributed by atoms with van der Waals surface area (Å²) in [6.07, 6.45) is 2.95. The van der Waals surface area contributed by atoms with E-state index in [0.717, 1.165) is 36.0 Å². The van der Waals surface area contributed by atoms with Gasteiger partial charge in [0, 0.05) is 31.4 Å². The van der Waals surface area contributed by atoms with Crippen LogP contribution in [0.5, 0.6) is 0 Å². The van der Waals surface area contributed by atoms with E-state index >= 15 is 0 Å². The summed E-state index contributed by atoms with van der Waals surface area (Å²) in [6, 6.07) is 7.60. The average Bonchev–Trinajstić information content (AvgIpc) is 3.14. The number of likely N-dealkylation sites (tertiary alicyclic amines) is 1. The van der Waals surface area contributed by atoms with E-state index in [1.807, 2.05) is 30.0 Å². The van der Waals surface area contributed by atoms with Crippen LogP contribution in [-0.2, 0) is 11.2 Å². The van der Waals surface area contributed by atoms with Gasteiger partial charge in [-0.3, -0.25) is 9.59 Å². The normalized spacial score (nSPS) is 17.2. The fraction of sp³-hybridized carbons (Fsp3) is 0.429. The summed E-state index contributed by atoms with van der Waals surface area (Å²) in [6.45, 7) is 5.81. The van der Waals surface area contributed by atoms with Gasteiger partial charge in [0.05, 0.1) is 5.56 Å². The standard InChI is InChI=1S/C21H24N4O3/c1-13-5-6-17-15(10-13)11-16(21(27)22-17)20-23-18(28-24-20)7-8-19(26)25-9-3-4-14(2)12-25/h5-6,10-11,14H,3-4,7-9,12H2,1-2H3,(H,22,27)/t14-/m1/s1. The van der Waals surface area contributed by atoms with Crippen LogP contribution in [0.15, 0.2) is 33.6 Å². The molecule has 3 heterocycles. The third kappa shape index (κ3) is 3.83. The summed E-state index contributed by atoms with van der Waals surface area (Å²) < 4.78 is 5.28. The van der Waals surface area contributed by atoms with E-state index in [2.05, 4.69) is 22.0 Å². The van der Waals surface area contributed by atoms with Crippen LogP contribution in [-0.4, -0.2) is 39.0 Å². The molecular formula is C21H24N4O3. The summed E-state index contributed by atoms with van der Waals surface area (Å²) >= 11 is 0. The Labute approximate surface area is 162 Å². The highest BCUT2D eigenvalue weighted by atomic mass is 16.5. The zero-order valence-corrected chi connectivity index (χ0v) is 16.2. The van der Waals surface area contributed by atoms with E-state index in [-0.39, 0.29) is 17.3 Å². The molecule has 0 aliphatic carbocycles. The Morgan fingerprint density at radius 3 is 3.04 bits per heavy atom. The number of hydrogen-bond donors (Lipinski definition) is 1. The van der Waals surface area contributed by atoms with E-state index in [1.165, 1.54) is 6.42 Å². The molecule has 1 amide bonds. The van der Waals surface area contributed by atoms with Gasteiger partial charge in [0.15, 0.2) is 0 Å². The van der Waals surface area contributed by atoms with E-state index in [9.17, 15) is 9.59 Å². The van der Waals surface area contributed by atoms with Crippen molar-refractivity contribution in [3.05, 3.63) is 46.1 Å². The predicted molar refractivity (Wildman–Crippen MR) is 106 cm³/mol. The maximum atomic E-state index is 12.4. The van der Waals surface area contributed by atoms with Gasteiger partial charge >= 0.3 is 0 Å². The Kier molecular flexibility index (Phi) is 4.98. The van der Waals surface area contributed by atoms with E-state index in [1.54, 1.807) is 6.07 Å². The highest BCUT2D eigenvalue weighted by Crippen LogP contribution is 2.20. The van der Waals surface area contributed by atoms with E-state index in [0.29, 0.717) is 30.2 Å². The molecule has 0 spiro atoms. The van der Waals surface area contributed by atoms with Gasteiger partial charge < -0.3 is 14.4 Å². The molecule has 1 N–H and O–H groups in total. The van der Waals surface area contributed by atoms with Crippen molar-refractivity contribution in [1.29, 1.82) is 0 Å². The van der Waals surface area contributed by atoms with Crippen molar-refractivity contribution in [2.75, 3.05) is 13.1 Å². The summed E-state index contributed by atoms with van der Waals surface area (Å²) in [7, 11) is 0. The third-order valence-electron chi connectivity index (χ3n) is 5.27. The second kappa shape index (κ2) is 7.58. The minimum absolute atomic E-state index is 0.116. The van der Waals surface area contributed by atoms with Crippen LogP contribution in [0.1, 0.15) is 37.6 Å². The first-order valence-electron chi connectivity index (χ1n) is 9.74. The average molecular weight is 380 g/mol. The molecule has 3 aromatic rings. The number of amides is 1. The third-order valence-corrected chi connectivity index (χ3v) is 5.27. The molecule has 0 bridgehead atoms. The molecular weight excluding hydrogens is 356 g/mol. The summed E-state index contributed by atoms with van der Waals surface area (Å²) in [5.41, 5.74) is 1.97. The van der Waals surface area contributed by atoms with Crippen LogP contribution >= 0.6 is 0 Å². The summed E-state index contributed by atoms with van der Waals surface area (Å²) in [5.74, 6) is 1.29. The highest BCUT2D eigenvalue weighted by molar-refractivity contribution is 5.83. The Morgan fingerprint density at radius 2 is 2.21 bits per heavy atom.